The van der Waals surface area contributed by atoms with Crippen LogP contribution in [0.3, 0.4) is 0 Å². The molecule has 26 heavy (non-hydrogen) atoms. The molecular formula is C21H27NO3S. The fraction of sp³-hybridized carbons (Fsp3) is 0.381. The van der Waals surface area contributed by atoms with Gasteiger partial charge in [-0.2, -0.15) is 0 Å². The highest BCUT2D eigenvalue weighted by Crippen LogP contribution is 2.17. The van der Waals surface area contributed by atoms with E-state index in [4.69, 9.17) is 0 Å². The smallest absolute Gasteiger partial charge is 0.222 e. The lowest BCUT2D eigenvalue weighted by Crippen LogP contribution is -2.27. The summed E-state index contributed by atoms with van der Waals surface area (Å²) in [5.41, 5.74) is 2.10. The van der Waals surface area contributed by atoms with Crippen LogP contribution >= 0.6 is 0 Å². The molecule has 0 radical (unpaired) electrons. The molecule has 2 aromatic rings. The van der Waals surface area contributed by atoms with Crippen molar-refractivity contribution < 1.29 is 13.2 Å². The third-order valence-electron chi connectivity index (χ3n) is 4.17. The van der Waals surface area contributed by atoms with E-state index in [0.717, 1.165) is 11.1 Å². The molecular weight excluding hydrogens is 346 g/mol. The number of sulfone groups is 1. The van der Waals surface area contributed by atoms with Crippen molar-refractivity contribution in [2.75, 3.05) is 5.75 Å². The molecule has 0 aliphatic carbocycles. The Morgan fingerprint density at radius 1 is 0.962 bits per heavy atom. The molecule has 1 amide bonds. The fourth-order valence-electron chi connectivity index (χ4n) is 2.82. The van der Waals surface area contributed by atoms with Crippen LogP contribution in [0.2, 0.25) is 0 Å². The van der Waals surface area contributed by atoms with Gasteiger partial charge in [0.2, 0.25) is 5.91 Å². The Bertz CT molecular complexity index is 829. The van der Waals surface area contributed by atoms with Crippen molar-refractivity contribution in [2.45, 2.75) is 38.6 Å². The van der Waals surface area contributed by atoms with Crippen LogP contribution in [-0.4, -0.2) is 20.1 Å². The van der Waals surface area contributed by atoms with Crippen molar-refractivity contribution in [3.8, 4) is 0 Å². The average Bonchev–Trinajstić information content (AvgIpc) is 2.60. The summed E-state index contributed by atoms with van der Waals surface area (Å²) in [6, 6.07) is 16.5. The van der Waals surface area contributed by atoms with E-state index in [2.05, 4.69) is 5.32 Å². The molecule has 0 bridgehead atoms. The van der Waals surface area contributed by atoms with Gasteiger partial charge in [-0.25, -0.2) is 8.42 Å². The molecule has 140 valence electrons. The zero-order valence-electron chi connectivity index (χ0n) is 15.6. The zero-order valence-corrected chi connectivity index (χ0v) is 16.4. The maximum Gasteiger partial charge on any atom is 0.222 e. The van der Waals surface area contributed by atoms with Crippen LogP contribution in [0.25, 0.3) is 0 Å². The largest absolute Gasteiger partial charge is 0.352 e. The Labute approximate surface area is 156 Å². The molecule has 2 aromatic carbocycles. The molecule has 1 N–H and O–H groups in total. The molecule has 0 fully saturated rings. The molecule has 1 atom stereocenters. The average molecular weight is 374 g/mol. The van der Waals surface area contributed by atoms with Crippen LogP contribution in [0.5, 0.6) is 0 Å². The lowest BCUT2D eigenvalue weighted by Gasteiger charge is -2.14. The van der Waals surface area contributed by atoms with Crippen molar-refractivity contribution in [1.82, 2.24) is 5.32 Å². The first kappa shape index (κ1) is 20.2. The van der Waals surface area contributed by atoms with Gasteiger partial charge in [0.05, 0.1) is 10.6 Å². The van der Waals surface area contributed by atoms with E-state index in [9.17, 15) is 13.2 Å². The molecule has 2 rings (SSSR count). The number of hydrogen-bond donors (Lipinski definition) is 1. The van der Waals surface area contributed by atoms with E-state index in [0.29, 0.717) is 17.9 Å². The molecule has 0 aliphatic heterocycles. The van der Waals surface area contributed by atoms with E-state index in [1.807, 2.05) is 51.1 Å². The van der Waals surface area contributed by atoms with Crippen molar-refractivity contribution in [3.05, 3.63) is 65.7 Å². The second-order valence-electron chi connectivity index (χ2n) is 7.10. The van der Waals surface area contributed by atoms with Gasteiger partial charge in [0.15, 0.2) is 9.84 Å². The molecule has 5 heteroatoms. The summed E-state index contributed by atoms with van der Waals surface area (Å²) in [5, 5.41) is 2.90. The van der Waals surface area contributed by atoms with Crippen molar-refractivity contribution in [1.29, 1.82) is 0 Å². The van der Waals surface area contributed by atoms with Crippen LogP contribution in [0.1, 0.15) is 31.9 Å². The SMILES string of the molecule is CC(Cc1cccc(CNC(=O)C(C)C)c1)CS(=O)(=O)c1ccccc1. The first-order valence-corrected chi connectivity index (χ1v) is 10.6. The van der Waals surface area contributed by atoms with Gasteiger partial charge in [0, 0.05) is 12.5 Å². The third-order valence-corrected chi connectivity index (χ3v) is 6.17. The number of hydrogen-bond acceptors (Lipinski definition) is 3. The lowest BCUT2D eigenvalue weighted by atomic mass is 10.0. The molecule has 0 heterocycles. The summed E-state index contributed by atoms with van der Waals surface area (Å²) >= 11 is 0. The highest BCUT2D eigenvalue weighted by Gasteiger charge is 2.18. The standard InChI is InChI=1S/C21H27NO3S/c1-16(2)21(23)22-14-19-9-7-8-18(13-19)12-17(3)15-26(24,25)20-10-5-4-6-11-20/h4-11,13,16-17H,12,14-15H2,1-3H3,(H,22,23). The van der Waals surface area contributed by atoms with Crippen LogP contribution in [-0.2, 0) is 27.6 Å². The molecule has 0 saturated heterocycles. The molecule has 0 aliphatic rings. The maximum absolute atomic E-state index is 12.5. The third kappa shape index (κ3) is 5.99. The van der Waals surface area contributed by atoms with Crippen LogP contribution < -0.4 is 5.32 Å². The number of benzene rings is 2. The predicted octanol–water partition coefficient (Wildman–Crippen LogP) is 3.61. The van der Waals surface area contributed by atoms with Gasteiger partial charge in [-0.1, -0.05) is 63.2 Å². The summed E-state index contributed by atoms with van der Waals surface area (Å²) in [6.45, 7) is 6.16. The van der Waals surface area contributed by atoms with Crippen LogP contribution in [0.15, 0.2) is 59.5 Å². The van der Waals surface area contributed by atoms with E-state index in [-0.39, 0.29) is 23.5 Å². The summed E-state index contributed by atoms with van der Waals surface area (Å²) in [7, 11) is -3.28. The van der Waals surface area contributed by atoms with Crippen LogP contribution in [0, 0.1) is 11.8 Å². The monoisotopic (exact) mass is 373 g/mol. The number of carbonyl (C=O) groups is 1. The number of carbonyl (C=O) groups excluding carboxylic acids is 1. The normalized spacial score (nSPS) is 12.8. The minimum atomic E-state index is -3.28. The Hall–Kier alpha value is -2.14. The molecule has 1 unspecified atom stereocenters. The van der Waals surface area contributed by atoms with Gasteiger partial charge >= 0.3 is 0 Å². The molecule has 0 aromatic heterocycles. The fourth-order valence-corrected chi connectivity index (χ4v) is 4.45. The van der Waals surface area contributed by atoms with E-state index < -0.39 is 9.84 Å². The molecule has 4 nitrogen and oxygen atoms in total. The Morgan fingerprint density at radius 3 is 2.27 bits per heavy atom. The van der Waals surface area contributed by atoms with Gasteiger partial charge < -0.3 is 5.32 Å². The van der Waals surface area contributed by atoms with Gasteiger partial charge in [-0.15, -0.1) is 0 Å². The minimum Gasteiger partial charge on any atom is -0.352 e. The van der Waals surface area contributed by atoms with E-state index in [1.165, 1.54) is 0 Å². The Morgan fingerprint density at radius 2 is 1.62 bits per heavy atom. The number of amides is 1. The minimum absolute atomic E-state index is 0.000659. The second kappa shape index (κ2) is 8.99. The number of nitrogens with one attached hydrogen (secondary N) is 1. The predicted molar refractivity (Wildman–Crippen MR) is 104 cm³/mol. The quantitative estimate of drug-likeness (QED) is 0.769. The van der Waals surface area contributed by atoms with Gasteiger partial charge in [0.1, 0.15) is 0 Å². The summed E-state index contributed by atoms with van der Waals surface area (Å²) in [4.78, 5) is 12.1. The zero-order chi connectivity index (χ0) is 19.2. The topological polar surface area (TPSA) is 63.2 Å². The van der Waals surface area contributed by atoms with Gasteiger partial charge in [0.25, 0.3) is 0 Å². The first-order chi connectivity index (χ1) is 12.3. The summed E-state index contributed by atoms with van der Waals surface area (Å²) in [6.07, 6.45) is 0.679. The van der Waals surface area contributed by atoms with Crippen molar-refractivity contribution in [2.24, 2.45) is 11.8 Å². The van der Waals surface area contributed by atoms with Crippen molar-refractivity contribution >= 4 is 15.7 Å². The molecule has 0 saturated carbocycles. The highest BCUT2D eigenvalue weighted by molar-refractivity contribution is 7.91. The van der Waals surface area contributed by atoms with E-state index in [1.54, 1.807) is 24.3 Å². The van der Waals surface area contributed by atoms with Crippen molar-refractivity contribution in [3.63, 3.8) is 0 Å². The first-order valence-electron chi connectivity index (χ1n) is 8.91. The highest BCUT2D eigenvalue weighted by atomic mass is 32.2. The Balaban J connectivity index is 1.98. The van der Waals surface area contributed by atoms with Gasteiger partial charge in [-0.05, 0) is 35.6 Å². The maximum atomic E-state index is 12.5. The Kier molecular flexibility index (Phi) is 6.98. The van der Waals surface area contributed by atoms with E-state index >= 15 is 0 Å². The summed E-state index contributed by atoms with van der Waals surface area (Å²) < 4.78 is 25.0. The molecule has 0 spiro atoms. The lowest BCUT2D eigenvalue weighted by molar-refractivity contribution is -0.124. The number of rotatable bonds is 8. The van der Waals surface area contributed by atoms with Crippen LogP contribution in [0.4, 0.5) is 0 Å². The van der Waals surface area contributed by atoms with Gasteiger partial charge in [-0.3, -0.25) is 4.79 Å². The summed E-state index contributed by atoms with van der Waals surface area (Å²) in [5.74, 6) is 0.102. The second-order valence-corrected chi connectivity index (χ2v) is 9.13.